The number of carbonyl (C=O) groups is 19. The Morgan fingerprint density at radius 2 is 1.10 bits per heavy atom. The van der Waals surface area contributed by atoms with Crippen molar-refractivity contribution in [1.29, 1.82) is 0 Å². The number of aromatic amines is 3. The minimum Gasteiger partial charge on any atom is -0.508 e. The number of carboxylic acids is 2. The van der Waals surface area contributed by atoms with E-state index in [2.05, 4.69) is 73.1 Å². The first kappa shape index (κ1) is 105. The molecular formula is C88H117N21O25S. The molecule has 0 aliphatic carbocycles. The lowest BCUT2D eigenvalue weighted by atomic mass is 10.0. The Morgan fingerprint density at radius 3 is 1.70 bits per heavy atom. The summed E-state index contributed by atoms with van der Waals surface area (Å²) < 4.78 is 5.38. The molecule has 47 heteroatoms. The summed E-state index contributed by atoms with van der Waals surface area (Å²) in [6, 6.07) is -4.80. The smallest absolute Gasteiger partial charge is 0.305 e. The van der Waals surface area contributed by atoms with Crippen molar-refractivity contribution in [3.05, 3.63) is 120 Å². The van der Waals surface area contributed by atoms with E-state index in [1.165, 1.54) is 64.9 Å². The van der Waals surface area contributed by atoms with E-state index in [0.29, 0.717) is 56.7 Å². The average molecular weight is 1900 g/mol. The van der Waals surface area contributed by atoms with Crippen LogP contribution in [0, 0.1) is 0 Å². The van der Waals surface area contributed by atoms with E-state index in [1.54, 1.807) is 67.8 Å². The van der Waals surface area contributed by atoms with Crippen molar-refractivity contribution in [2.45, 2.75) is 207 Å². The number of para-hydroxylation sites is 2. The number of fused-ring (bicyclic) bond motifs is 4. The van der Waals surface area contributed by atoms with E-state index in [1.807, 2.05) is 0 Å². The van der Waals surface area contributed by atoms with Crippen LogP contribution in [-0.2, 0) is 122 Å². The summed E-state index contributed by atoms with van der Waals surface area (Å²) in [7, 11) is 4.91. The Hall–Kier alpha value is -14.1. The Balaban J connectivity index is 1.10. The molecule has 3 aromatic heterocycles. The summed E-state index contributed by atoms with van der Waals surface area (Å²) in [5.41, 5.74) is 13.6. The Morgan fingerprint density at radius 1 is 0.548 bits per heavy atom. The summed E-state index contributed by atoms with van der Waals surface area (Å²) in [6.45, 7) is -0.0330. The molecule has 6 heterocycles. The number of primary amides is 2. The number of nitrogens with two attached hydrogens (primary N) is 2. The number of H-pyrrole nitrogens is 3. The van der Waals surface area contributed by atoms with E-state index in [4.69, 9.17) is 16.2 Å². The van der Waals surface area contributed by atoms with E-state index >= 15 is 38.4 Å². The van der Waals surface area contributed by atoms with Gasteiger partial charge in [0.15, 0.2) is 0 Å². The molecule has 15 atom stereocenters. The molecule has 0 saturated carbocycles. The number of thioether (sulfide) groups is 1. The molecule has 17 amide bonds. The number of imidazole rings is 1. The van der Waals surface area contributed by atoms with Crippen molar-refractivity contribution in [2.75, 3.05) is 72.6 Å². The first-order valence-electron chi connectivity index (χ1n) is 43.9. The minimum atomic E-state index is -1.96. The molecule has 9 rings (SSSR count). The fourth-order valence-electron chi connectivity index (χ4n) is 16.2. The van der Waals surface area contributed by atoms with Gasteiger partial charge in [-0.3, -0.25) is 91.1 Å². The predicted octanol–water partition coefficient (Wildman–Crippen LogP) is -4.66. The van der Waals surface area contributed by atoms with Gasteiger partial charge < -0.3 is 134 Å². The molecule has 0 radical (unpaired) electrons. The monoisotopic (exact) mass is 1900 g/mol. The van der Waals surface area contributed by atoms with Gasteiger partial charge in [-0.25, -0.2) is 4.98 Å². The van der Waals surface area contributed by atoms with Crippen molar-refractivity contribution in [1.82, 2.24) is 97.6 Å². The number of carbonyl (C=O) groups excluding carboxylic acids is 17. The zero-order valence-corrected chi connectivity index (χ0v) is 76.1. The zero-order chi connectivity index (χ0) is 98.6. The largest absolute Gasteiger partial charge is 0.508 e. The Bertz CT molecular complexity index is 5290. The van der Waals surface area contributed by atoms with Gasteiger partial charge in [-0.05, 0) is 80.0 Å². The van der Waals surface area contributed by atoms with Gasteiger partial charge in [0.1, 0.15) is 90.3 Å². The normalized spacial score (nSPS) is 24.7. The Labute approximate surface area is 778 Å². The van der Waals surface area contributed by atoms with Crippen molar-refractivity contribution < 1.29 is 121 Å². The number of aliphatic carboxylic acids is 2. The number of hydrogen-bond donors (Lipinski definition) is 20. The fourth-order valence-corrected chi connectivity index (χ4v) is 17.0. The SMILES string of the molecule is CCCC[C@H]1C(=O)N(C)[C@@H](CCOC)C(=O)N[C@@H](CCC(=O)O)C(=O)N[C@H](C(=O)NCC(N)=O)CSCC(=O)N[C@@H](Cc2ccc(O)cc2)C(=O)N(C)[C@@H](C)C(=O)N[C@H](CC(=O)O)C(=O)N2CCC[C@H]2C(=O)N[C@@H](Cc2c[nH]cn2)C(=O)N[C@@H](CCC(N)=O)C(=O)N2C[C@H](O)C[C@H]2C(=O)N[C@@H](Cc2c[nH]c3ccccc23)C(=O)N[C@@H](CO)C(=O)N[C@@H](Cc2c[nH]c3ccccc23)C(=O)N1C. The molecule has 6 aromatic rings. The third kappa shape index (κ3) is 29.0. The Kier molecular flexibility index (Phi) is 38.4. The predicted molar refractivity (Wildman–Crippen MR) is 482 cm³/mol. The summed E-state index contributed by atoms with van der Waals surface area (Å²) in [5.74, 6) is -22.4. The van der Waals surface area contributed by atoms with Crippen LogP contribution in [0.25, 0.3) is 21.8 Å². The molecule has 3 aliphatic heterocycles. The number of amides is 17. The maximum atomic E-state index is 15.7. The summed E-state index contributed by atoms with van der Waals surface area (Å²) in [6.07, 6.45) is -1.20. The van der Waals surface area contributed by atoms with Crippen LogP contribution in [0.3, 0.4) is 0 Å². The molecule has 46 nitrogen and oxygen atoms in total. The number of rotatable bonds is 26. The van der Waals surface area contributed by atoms with Crippen molar-refractivity contribution in [3.8, 4) is 5.75 Å². The van der Waals surface area contributed by atoms with Gasteiger partial charge in [-0.15, -0.1) is 11.8 Å². The number of aliphatic hydroxyl groups excluding tert-OH is 2. The number of nitrogens with one attached hydrogen (secondary N) is 13. The van der Waals surface area contributed by atoms with Gasteiger partial charge in [0, 0.05) is 145 Å². The lowest BCUT2D eigenvalue weighted by molar-refractivity contribution is -0.149. The van der Waals surface area contributed by atoms with Crippen molar-refractivity contribution in [3.63, 3.8) is 0 Å². The number of unbranched alkanes of at least 4 members (excludes halogenated alkanes) is 1. The highest BCUT2D eigenvalue weighted by Crippen LogP contribution is 2.28. The van der Waals surface area contributed by atoms with Crippen molar-refractivity contribution >= 4 is 146 Å². The average Bonchev–Trinajstić information content (AvgIpc) is 1.66. The van der Waals surface area contributed by atoms with Gasteiger partial charge >= 0.3 is 11.9 Å². The molecule has 0 spiro atoms. The van der Waals surface area contributed by atoms with Gasteiger partial charge in [-0.1, -0.05) is 68.3 Å². The fraction of sp³-hybridized carbons (Fsp3) is 0.500. The first-order valence-corrected chi connectivity index (χ1v) is 45.1. The molecular weight excluding hydrogens is 1780 g/mol. The molecule has 3 saturated heterocycles. The summed E-state index contributed by atoms with van der Waals surface area (Å²) >= 11 is 0.671. The number of hydrogen-bond acceptors (Lipinski definition) is 25. The van der Waals surface area contributed by atoms with E-state index in [0.717, 1.165) is 31.5 Å². The van der Waals surface area contributed by atoms with Gasteiger partial charge in [0.05, 0.1) is 43.5 Å². The van der Waals surface area contributed by atoms with Crippen LogP contribution in [0.2, 0.25) is 0 Å². The molecule has 0 unspecified atom stereocenters. The molecule has 135 heavy (non-hydrogen) atoms. The number of benzene rings is 3. The van der Waals surface area contributed by atoms with Crippen LogP contribution in [-0.4, -0.2) is 346 Å². The highest BCUT2D eigenvalue weighted by atomic mass is 32.2. The minimum absolute atomic E-state index is 0.0962. The topological polar surface area (TPSA) is 684 Å². The molecule has 3 aliphatic rings. The molecule has 3 fully saturated rings. The van der Waals surface area contributed by atoms with Crippen LogP contribution in [0.4, 0.5) is 0 Å². The number of phenolic OH excluding ortho intramolecular Hbond substituents is 1. The lowest BCUT2D eigenvalue weighted by Crippen LogP contribution is -2.62. The summed E-state index contributed by atoms with van der Waals surface area (Å²) in [5, 5.41) is 79.4. The van der Waals surface area contributed by atoms with Gasteiger partial charge in [0.2, 0.25) is 100 Å². The highest BCUT2D eigenvalue weighted by molar-refractivity contribution is 8.00. The number of likely N-dealkylation sites (N-methyl/N-ethyl adjacent to an activating group) is 3. The van der Waals surface area contributed by atoms with Crippen molar-refractivity contribution in [2.24, 2.45) is 11.5 Å². The number of aromatic nitrogens is 4. The number of aliphatic hydroxyl groups is 2. The summed E-state index contributed by atoms with van der Waals surface area (Å²) in [4.78, 5) is 292. The van der Waals surface area contributed by atoms with Crippen LogP contribution in [0.15, 0.2) is 97.7 Å². The van der Waals surface area contributed by atoms with Gasteiger partial charge in [-0.2, -0.15) is 0 Å². The van der Waals surface area contributed by atoms with Crippen LogP contribution < -0.4 is 64.6 Å². The van der Waals surface area contributed by atoms with Crippen LogP contribution in [0.5, 0.6) is 5.75 Å². The zero-order valence-electron chi connectivity index (χ0n) is 75.3. The number of methoxy groups -OCH3 is 1. The second-order valence-corrected chi connectivity index (χ2v) is 34.4. The quantitative estimate of drug-likeness (QED) is 0.0243. The maximum Gasteiger partial charge on any atom is 0.305 e. The lowest BCUT2D eigenvalue weighted by Gasteiger charge is -2.36. The number of carboxylic acid groups (broad SMARTS) is 2. The van der Waals surface area contributed by atoms with Gasteiger partial charge in [0.25, 0.3) is 0 Å². The van der Waals surface area contributed by atoms with E-state index < -0.39 is 279 Å². The third-order valence-corrected chi connectivity index (χ3v) is 24.7. The van der Waals surface area contributed by atoms with E-state index in [9.17, 15) is 78.3 Å². The molecule has 0 bridgehead atoms. The molecule has 22 N–H and O–H groups in total. The highest BCUT2D eigenvalue weighted by Gasteiger charge is 2.47. The number of aromatic hydroxyl groups is 1. The number of phenols is 1. The number of ether oxygens (including phenoxy) is 1. The number of nitrogens with zero attached hydrogens (tertiary/aromatic N) is 6. The van der Waals surface area contributed by atoms with Crippen LogP contribution >= 0.6 is 11.8 Å². The maximum absolute atomic E-state index is 15.7. The molecule has 3 aromatic carbocycles. The standard InChI is InChI=1S/C88H117N21O25S/c1-7-8-18-68-88(133)106(4)66(28-30-134-6)81(126)97-57(25-27-73(116)117)77(122)104-65(76(121)94-40-71(90)114)43-135-44-72(115)96-61(31-47-20-22-51(111)23-21-47)84(129)105(3)46(2)75(120)101-63(36-74(118)119)87(132)108-29-13-19-67(108)82(127)100-60(34-50-39-91-45-95-50)79(124)98-58(24-26-70(89)113)86(131)109-41-52(112)35-69(109)83(128)99-59(32-48-37-92-55-16-11-9-14-53(48)55)78(123)103-64(42-110)80(125)102-62(85(130)107(68)5)33-49-38-93-56-17-12-10-15-54(49)56/h9-12,14-17,20-23,37-39,45-46,52,57-69,92-93,110-112H,7-8,13,18-19,24-36,40-44H2,1-6H3,(H2,89,113)(H2,90,114)(H,91,95)(H,94,121)(H,96,115)(H,97,126)(H,98,124)(H,99,128)(H,100,127)(H,101,120)(H,102,125)(H,103,123)(H,104,122)(H,116,117)(H,118,119)/t46-,52+,57-,58-,59-,60-,61-,62-,63+,64-,65-,66-,67-,68-,69-/m0/s1. The second kappa shape index (κ2) is 49.6. The first-order chi connectivity index (χ1) is 64.3. The van der Waals surface area contributed by atoms with E-state index in [-0.39, 0.29) is 76.0 Å². The second-order valence-electron chi connectivity index (χ2n) is 33.4. The van der Waals surface area contributed by atoms with Crippen LogP contribution in [0.1, 0.15) is 113 Å². The molecule has 730 valence electrons. The third-order valence-electron chi connectivity index (χ3n) is 23.7.